The zero-order chi connectivity index (χ0) is 9.03. The lowest BCUT2D eigenvalue weighted by Crippen LogP contribution is -1.78. The van der Waals surface area contributed by atoms with E-state index in [1.807, 2.05) is 18.2 Å². The molecule has 0 spiro atoms. The lowest BCUT2D eigenvalue weighted by Gasteiger charge is -1.88. The van der Waals surface area contributed by atoms with Gasteiger partial charge >= 0.3 is 0 Å². The lowest BCUT2D eigenvalue weighted by atomic mass is 10.2. The van der Waals surface area contributed by atoms with Gasteiger partial charge in [-0.3, -0.25) is 0 Å². The van der Waals surface area contributed by atoms with Gasteiger partial charge in [0.05, 0.1) is 0 Å². The van der Waals surface area contributed by atoms with Gasteiger partial charge in [0, 0.05) is 16.1 Å². The molecule has 1 rings (SSSR count). The van der Waals surface area contributed by atoms with Crippen LogP contribution in [0.15, 0.2) is 35.7 Å². The summed E-state index contributed by atoms with van der Waals surface area (Å²) in [6.07, 6.45) is 1.45. The summed E-state index contributed by atoms with van der Waals surface area (Å²) >= 11 is 0. The van der Waals surface area contributed by atoms with Gasteiger partial charge in [-0.2, -0.15) is 0 Å². The van der Waals surface area contributed by atoms with E-state index >= 15 is 0 Å². The Bertz CT molecular complexity index is 370. The summed E-state index contributed by atoms with van der Waals surface area (Å²) in [5.41, 5.74) is 0.807. The van der Waals surface area contributed by atoms with Crippen molar-refractivity contribution in [2.75, 3.05) is 0 Å². The van der Waals surface area contributed by atoms with Crippen molar-refractivity contribution in [1.29, 1.82) is 0 Å². The fourth-order valence-electron chi connectivity index (χ4n) is 0.724. The SMILES string of the molecule is Cl.O=S(=O)(Cl)C=Cc1ccccc1. The number of halogens is 2. The minimum Gasteiger partial charge on any atom is -0.208 e. The summed E-state index contributed by atoms with van der Waals surface area (Å²) in [7, 11) is 1.44. The Balaban J connectivity index is 0.00000144. The van der Waals surface area contributed by atoms with Crippen molar-refractivity contribution in [3.63, 3.8) is 0 Å². The summed E-state index contributed by atoms with van der Waals surface area (Å²) in [5, 5.41) is 0.962. The molecule has 1 aromatic rings. The van der Waals surface area contributed by atoms with Gasteiger partial charge in [0.1, 0.15) is 0 Å². The van der Waals surface area contributed by atoms with Gasteiger partial charge in [0.25, 0.3) is 9.05 Å². The molecule has 0 saturated carbocycles. The average molecular weight is 239 g/mol. The Morgan fingerprint density at radius 1 is 1.15 bits per heavy atom. The Kier molecular flexibility index (Phi) is 5.06. The van der Waals surface area contributed by atoms with E-state index in [1.165, 1.54) is 6.08 Å². The molecule has 0 aromatic heterocycles. The second-order valence-electron chi connectivity index (χ2n) is 2.19. The summed E-state index contributed by atoms with van der Waals surface area (Å²) in [6.45, 7) is 0. The third-order valence-corrected chi connectivity index (χ3v) is 1.99. The Morgan fingerprint density at radius 2 is 1.69 bits per heavy atom. The van der Waals surface area contributed by atoms with Gasteiger partial charge in [0.2, 0.25) is 0 Å². The lowest BCUT2D eigenvalue weighted by molar-refractivity contribution is 0.617. The van der Waals surface area contributed by atoms with Crippen molar-refractivity contribution >= 4 is 38.2 Å². The molecule has 0 bridgehead atoms. The first kappa shape index (κ1) is 12.5. The normalized spacial score (nSPS) is 11.2. The van der Waals surface area contributed by atoms with Crippen molar-refractivity contribution in [1.82, 2.24) is 0 Å². The van der Waals surface area contributed by atoms with E-state index in [0.29, 0.717) is 0 Å². The van der Waals surface area contributed by atoms with Gasteiger partial charge < -0.3 is 0 Å². The monoisotopic (exact) mass is 238 g/mol. The molecule has 13 heavy (non-hydrogen) atoms. The molecule has 0 saturated heterocycles. The van der Waals surface area contributed by atoms with Crippen LogP contribution < -0.4 is 0 Å². The van der Waals surface area contributed by atoms with Crippen LogP contribution in [-0.2, 0) is 9.05 Å². The molecule has 0 aliphatic rings. The fraction of sp³-hybridized carbons (Fsp3) is 0. The molecule has 0 amide bonds. The van der Waals surface area contributed by atoms with Crippen molar-refractivity contribution < 1.29 is 8.42 Å². The predicted molar refractivity (Wildman–Crippen MR) is 57.5 cm³/mol. The Hall–Kier alpha value is -0.510. The first-order valence-corrected chi connectivity index (χ1v) is 5.63. The summed E-state index contributed by atoms with van der Waals surface area (Å²) in [5.74, 6) is 0. The average Bonchev–Trinajstić information content (AvgIpc) is 2.02. The summed E-state index contributed by atoms with van der Waals surface area (Å²) < 4.78 is 21.0. The van der Waals surface area contributed by atoms with E-state index in [4.69, 9.17) is 10.7 Å². The maximum Gasteiger partial charge on any atom is 0.254 e. The molecular weight excluding hydrogens is 231 g/mol. The molecule has 0 aliphatic heterocycles. The van der Waals surface area contributed by atoms with E-state index in [0.717, 1.165) is 11.0 Å². The molecular formula is C8H8Cl2O2S. The molecule has 2 nitrogen and oxygen atoms in total. The van der Waals surface area contributed by atoms with Crippen molar-refractivity contribution in [3.05, 3.63) is 41.3 Å². The smallest absolute Gasteiger partial charge is 0.208 e. The number of hydrogen-bond acceptors (Lipinski definition) is 2. The second-order valence-corrected chi connectivity index (χ2v) is 4.70. The van der Waals surface area contributed by atoms with Crippen LogP contribution in [0.3, 0.4) is 0 Å². The molecule has 0 radical (unpaired) electrons. The van der Waals surface area contributed by atoms with Crippen LogP contribution in [0.4, 0.5) is 0 Å². The van der Waals surface area contributed by atoms with Gasteiger partial charge in [-0.05, 0) is 11.6 Å². The van der Waals surface area contributed by atoms with Gasteiger partial charge in [-0.25, -0.2) is 8.42 Å². The zero-order valence-electron chi connectivity index (χ0n) is 6.55. The molecule has 0 N–H and O–H groups in total. The quantitative estimate of drug-likeness (QED) is 0.743. The van der Waals surface area contributed by atoms with E-state index < -0.39 is 9.05 Å². The molecule has 1 aromatic carbocycles. The van der Waals surface area contributed by atoms with Crippen LogP contribution in [0.1, 0.15) is 5.56 Å². The maximum absolute atomic E-state index is 10.5. The highest BCUT2D eigenvalue weighted by molar-refractivity contribution is 8.16. The van der Waals surface area contributed by atoms with Gasteiger partial charge in [-0.15, -0.1) is 12.4 Å². The minimum atomic E-state index is -3.53. The summed E-state index contributed by atoms with van der Waals surface area (Å²) in [4.78, 5) is 0. The van der Waals surface area contributed by atoms with Crippen molar-refractivity contribution in [3.8, 4) is 0 Å². The highest BCUT2D eigenvalue weighted by atomic mass is 35.7. The van der Waals surface area contributed by atoms with Crippen LogP contribution in [0.2, 0.25) is 0 Å². The third-order valence-electron chi connectivity index (χ3n) is 1.22. The topological polar surface area (TPSA) is 34.1 Å². The number of rotatable bonds is 2. The zero-order valence-corrected chi connectivity index (χ0v) is 8.94. The van der Waals surface area contributed by atoms with E-state index in [2.05, 4.69) is 0 Å². The molecule has 0 atom stereocenters. The van der Waals surface area contributed by atoms with Crippen LogP contribution >= 0.6 is 23.1 Å². The Labute approximate surface area is 88.1 Å². The highest BCUT2D eigenvalue weighted by Crippen LogP contribution is 2.05. The highest BCUT2D eigenvalue weighted by Gasteiger charge is 1.95. The fourth-order valence-corrected chi connectivity index (χ4v) is 1.20. The van der Waals surface area contributed by atoms with Gasteiger partial charge in [0.15, 0.2) is 0 Å². The van der Waals surface area contributed by atoms with Crippen molar-refractivity contribution in [2.24, 2.45) is 0 Å². The molecule has 0 fully saturated rings. The van der Waals surface area contributed by atoms with Crippen LogP contribution in [0, 0.1) is 0 Å². The molecule has 0 unspecified atom stereocenters. The van der Waals surface area contributed by atoms with Gasteiger partial charge in [-0.1, -0.05) is 30.3 Å². The summed E-state index contributed by atoms with van der Waals surface area (Å²) in [6, 6.07) is 9.07. The number of hydrogen-bond donors (Lipinski definition) is 0. The molecule has 5 heteroatoms. The van der Waals surface area contributed by atoms with Crippen LogP contribution in [0.5, 0.6) is 0 Å². The van der Waals surface area contributed by atoms with Crippen molar-refractivity contribution in [2.45, 2.75) is 0 Å². The Morgan fingerprint density at radius 3 is 2.15 bits per heavy atom. The standard InChI is InChI=1S/C8H7ClO2S.ClH/c9-12(10,11)7-6-8-4-2-1-3-5-8;/h1-7H;1H. The first-order valence-electron chi connectivity index (χ1n) is 3.26. The molecule has 72 valence electrons. The molecule has 0 aliphatic carbocycles. The van der Waals surface area contributed by atoms with E-state index in [1.54, 1.807) is 12.1 Å². The number of benzene rings is 1. The maximum atomic E-state index is 10.5. The largest absolute Gasteiger partial charge is 0.254 e. The molecule has 0 heterocycles. The van der Waals surface area contributed by atoms with Crippen LogP contribution in [-0.4, -0.2) is 8.42 Å². The minimum absolute atomic E-state index is 0. The van der Waals surface area contributed by atoms with Crippen LogP contribution in [0.25, 0.3) is 6.08 Å². The van der Waals surface area contributed by atoms with E-state index in [-0.39, 0.29) is 12.4 Å². The second kappa shape index (κ2) is 5.27. The predicted octanol–water partition coefficient (Wildman–Crippen LogP) is 2.65. The third kappa shape index (κ3) is 5.69. The first-order chi connectivity index (χ1) is 5.58. The van der Waals surface area contributed by atoms with E-state index in [9.17, 15) is 8.42 Å².